The molecule has 0 aliphatic carbocycles. The molecule has 29 heavy (non-hydrogen) atoms. The number of sulfone groups is 1. The average molecular weight is 420 g/mol. The number of ether oxygens (including phenoxy) is 1. The Kier molecular flexibility index (Phi) is 6.36. The molecule has 0 atom stereocenters. The Morgan fingerprint density at radius 3 is 2.59 bits per heavy atom. The highest BCUT2D eigenvalue weighted by Gasteiger charge is 2.31. The first kappa shape index (κ1) is 21.0. The number of unbranched alkanes of at least 4 members (excludes halogenated alkanes) is 5. The zero-order valence-corrected chi connectivity index (χ0v) is 17.0. The molecule has 1 aliphatic heterocycles. The lowest BCUT2D eigenvalue weighted by molar-refractivity contribution is 0.0491. The Labute approximate surface area is 169 Å². The number of hydrogen-bond donors (Lipinski definition) is 2. The fourth-order valence-corrected chi connectivity index (χ4v) is 4.53. The SMILES string of the molecule is CCCCCCCCOC(=O)c1ccc2c(O)c3c(c(O)c2n1)N=CCS3(=O)=O. The second kappa shape index (κ2) is 8.77. The summed E-state index contributed by atoms with van der Waals surface area (Å²) in [5.41, 5.74) is -0.420. The topological polar surface area (TPSA) is 126 Å². The number of phenolic OH excluding ortho intramolecular Hbond substituents is 2. The number of nitrogens with zero attached hydrogens (tertiary/aromatic N) is 2. The van der Waals surface area contributed by atoms with E-state index < -0.39 is 32.2 Å². The first-order valence-corrected chi connectivity index (χ1v) is 11.3. The number of carbonyl (C=O) groups is 1. The summed E-state index contributed by atoms with van der Waals surface area (Å²) in [6.07, 6.45) is 7.52. The van der Waals surface area contributed by atoms with E-state index in [1.165, 1.54) is 31.4 Å². The number of aromatic hydroxyl groups is 2. The lowest BCUT2D eigenvalue weighted by Gasteiger charge is -2.16. The minimum Gasteiger partial charge on any atom is -0.506 e. The zero-order chi connectivity index (χ0) is 21.0. The molecule has 0 spiro atoms. The van der Waals surface area contributed by atoms with Crippen LogP contribution in [-0.4, -0.2) is 48.2 Å². The van der Waals surface area contributed by atoms with E-state index in [2.05, 4.69) is 16.9 Å². The fourth-order valence-electron chi connectivity index (χ4n) is 3.24. The van der Waals surface area contributed by atoms with Crippen molar-refractivity contribution in [2.75, 3.05) is 12.4 Å². The predicted octanol–water partition coefficient (Wildman–Crippen LogP) is 3.65. The van der Waals surface area contributed by atoms with Gasteiger partial charge in [-0.05, 0) is 18.6 Å². The van der Waals surface area contributed by atoms with Crippen molar-refractivity contribution in [3.8, 4) is 11.5 Å². The number of esters is 1. The summed E-state index contributed by atoms with van der Waals surface area (Å²) in [7, 11) is -3.82. The molecular formula is C20H24N2O6S. The van der Waals surface area contributed by atoms with Crippen LogP contribution in [0.5, 0.6) is 11.5 Å². The van der Waals surface area contributed by atoms with Crippen LogP contribution in [0, 0.1) is 0 Å². The van der Waals surface area contributed by atoms with Crippen LogP contribution in [0.3, 0.4) is 0 Å². The average Bonchev–Trinajstić information content (AvgIpc) is 2.70. The number of fused-ring (bicyclic) bond motifs is 2. The van der Waals surface area contributed by atoms with Crippen LogP contribution in [0.15, 0.2) is 22.0 Å². The van der Waals surface area contributed by atoms with Crippen molar-refractivity contribution in [1.82, 2.24) is 4.98 Å². The molecule has 2 N–H and O–H groups in total. The molecule has 1 aliphatic rings. The maximum atomic E-state index is 12.3. The van der Waals surface area contributed by atoms with Crippen LogP contribution in [-0.2, 0) is 14.6 Å². The molecular weight excluding hydrogens is 396 g/mol. The third-order valence-corrected chi connectivity index (χ3v) is 6.39. The minimum absolute atomic E-state index is 0.0226. The first-order valence-electron chi connectivity index (χ1n) is 9.68. The quantitative estimate of drug-likeness (QED) is 0.379. The second-order valence-corrected chi connectivity index (χ2v) is 8.94. The summed E-state index contributed by atoms with van der Waals surface area (Å²) in [6, 6.07) is 2.67. The second-order valence-electron chi connectivity index (χ2n) is 6.96. The molecule has 0 fully saturated rings. The lowest BCUT2D eigenvalue weighted by Crippen LogP contribution is -2.13. The van der Waals surface area contributed by atoms with Gasteiger partial charge in [0.1, 0.15) is 27.5 Å². The van der Waals surface area contributed by atoms with Crippen molar-refractivity contribution in [3.63, 3.8) is 0 Å². The number of phenols is 2. The third-order valence-electron chi connectivity index (χ3n) is 4.79. The molecule has 0 amide bonds. The number of aliphatic imine (C=N–C) groups is 1. The van der Waals surface area contributed by atoms with Gasteiger partial charge >= 0.3 is 5.97 Å². The Morgan fingerprint density at radius 1 is 1.10 bits per heavy atom. The highest BCUT2D eigenvalue weighted by atomic mass is 32.2. The summed E-state index contributed by atoms with van der Waals surface area (Å²) in [5.74, 6) is -2.05. The van der Waals surface area contributed by atoms with Gasteiger partial charge in [0.2, 0.25) is 0 Å². The highest BCUT2D eigenvalue weighted by molar-refractivity contribution is 7.92. The number of benzene rings is 1. The van der Waals surface area contributed by atoms with Crippen LogP contribution in [0.4, 0.5) is 5.69 Å². The molecule has 156 valence electrons. The lowest BCUT2D eigenvalue weighted by atomic mass is 10.1. The molecule has 3 rings (SSSR count). The molecule has 0 bridgehead atoms. The molecule has 0 saturated carbocycles. The van der Waals surface area contributed by atoms with Crippen molar-refractivity contribution >= 4 is 38.6 Å². The summed E-state index contributed by atoms with van der Waals surface area (Å²) < 4.78 is 29.7. The van der Waals surface area contributed by atoms with E-state index in [0.29, 0.717) is 0 Å². The molecule has 0 saturated heterocycles. The van der Waals surface area contributed by atoms with Gasteiger partial charge in [0, 0.05) is 11.6 Å². The van der Waals surface area contributed by atoms with Crippen molar-refractivity contribution < 1.29 is 28.2 Å². The van der Waals surface area contributed by atoms with Gasteiger partial charge in [0.15, 0.2) is 15.6 Å². The van der Waals surface area contributed by atoms with E-state index in [-0.39, 0.29) is 34.6 Å². The van der Waals surface area contributed by atoms with Gasteiger partial charge in [-0.1, -0.05) is 39.0 Å². The smallest absolute Gasteiger partial charge is 0.356 e. The highest BCUT2D eigenvalue weighted by Crippen LogP contribution is 2.47. The molecule has 0 unspecified atom stereocenters. The minimum atomic E-state index is -3.82. The van der Waals surface area contributed by atoms with Crippen LogP contribution >= 0.6 is 0 Å². The Bertz CT molecular complexity index is 1060. The molecule has 1 aromatic heterocycles. The Balaban J connectivity index is 1.80. The van der Waals surface area contributed by atoms with Crippen LogP contribution in [0.1, 0.15) is 55.9 Å². The maximum absolute atomic E-state index is 12.3. The molecule has 1 aromatic carbocycles. The van der Waals surface area contributed by atoms with E-state index in [1.54, 1.807) is 0 Å². The zero-order valence-electron chi connectivity index (χ0n) is 16.2. The summed E-state index contributed by atoms with van der Waals surface area (Å²) in [5, 5.41) is 20.9. The third kappa shape index (κ3) is 4.34. The van der Waals surface area contributed by atoms with E-state index in [4.69, 9.17) is 4.74 Å². The molecule has 8 nitrogen and oxygen atoms in total. The summed E-state index contributed by atoms with van der Waals surface area (Å²) in [4.78, 5) is 19.8. The van der Waals surface area contributed by atoms with Crippen molar-refractivity contribution in [1.29, 1.82) is 0 Å². The predicted molar refractivity (Wildman–Crippen MR) is 109 cm³/mol. The van der Waals surface area contributed by atoms with Gasteiger partial charge in [-0.15, -0.1) is 0 Å². The van der Waals surface area contributed by atoms with Gasteiger partial charge in [0.25, 0.3) is 0 Å². The van der Waals surface area contributed by atoms with Crippen LogP contribution in [0.25, 0.3) is 10.9 Å². The van der Waals surface area contributed by atoms with Gasteiger partial charge in [-0.3, -0.25) is 4.99 Å². The number of carbonyl (C=O) groups excluding carboxylic acids is 1. The summed E-state index contributed by atoms with van der Waals surface area (Å²) in [6.45, 7) is 2.42. The van der Waals surface area contributed by atoms with Crippen LogP contribution in [0.2, 0.25) is 0 Å². The first-order chi connectivity index (χ1) is 13.9. The molecule has 0 radical (unpaired) electrons. The van der Waals surface area contributed by atoms with E-state index in [0.717, 1.165) is 25.5 Å². The van der Waals surface area contributed by atoms with Gasteiger partial charge in [-0.2, -0.15) is 0 Å². The molecule has 2 aromatic rings. The fraction of sp³-hybridized carbons (Fsp3) is 0.450. The van der Waals surface area contributed by atoms with Crippen molar-refractivity contribution in [2.45, 2.75) is 50.3 Å². The Hall–Kier alpha value is -2.68. The van der Waals surface area contributed by atoms with Crippen molar-refractivity contribution in [3.05, 3.63) is 17.8 Å². The van der Waals surface area contributed by atoms with E-state index >= 15 is 0 Å². The number of hydrogen-bond acceptors (Lipinski definition) is 8. The van der Waals surface area contributed by atoms with Gasteiger partial charge < -0.3 is 14.9 Å². The monoisotopic (exact) mass is 420 g/mol. The van der Waals surface area contributed by atoms with Gasteiger partial charge in [0.05, 0.1) is 12.4 Å². The maximum Gasteiger partial charge on any atom is 0.356 e. The summed E-state index contributed by atoms with van der Waals surface area (Å²) >= 11 is 0. The number of rotatable bonds is 8. The Morgan fingerprint density at radius 2 is 1.83 bits per heavy atom. The van der Waals surface area contributed by atoms with E-state index in [9.17, 15) is 23.4 Å². The normalized spacial score (nSPS) is 14.7. The molecule has 2 heterocycles. The molecule has 9 heteroatoms. The largest absolute Gasteiger partial charge is 0.506 e. The standard InChI is InChI=1S/C20H24N2O6S/c1-2-3-4-5-6-7-11-28-20(25)14-9-8-13-15(22-14)18(24)16-19(17(13)23)29(26,27)12-10-21-16/h8-10,23-24H,2-7,11-12H2,1H3. The van der Waals surface area contributed by atoms with E-state index in [1.807, 2.05) is 0 Å². The van der Waals surface area contributed by atoms with Gasteiger partial charge in [-0.25, -0.2) is 18.2 Å². The number of aromatic nitrogens is 1. The number of pyridine rings is 1. The van der Waals surface area contributed by atoms with Crippen LogP contribution < -0.4 is 0 Å². The van der Waals surface area contributed by atoms with Crippen molar-refractivity contribution in [2.24, 2.45) is 4.99 Å².